The second-order valence-electron chi connectivity index (χ2n) is 8.72. The molecule has 5 atom stereocenters. The zero-order valence-corrected chi connectivity index (χ0v) is 15.7. The molecule has 6 nitrogen and oxygen atoms in total. The van der Waals surface area contributed by atoms with E-state index < -0.39 is 5.60 Å². The molecule has 1 saturated carbocycles. The van der Waals surface area contributed by atoms with E-state index in [9.17, 15) is 9.59 Å². The van der Waals surface area contributed by atoms with Gasteiger partial charge >= 0.3 is 0 Å². The minimum atomic E-state index is -0.489. The lowest BCUT2D eigenvalue weighted by Gasteiger charge is -2.40. The first-order chi connectivity index (χ1) is 12.5. The van der Waals surface area contributed by atoms with Gasteiger partial charge in [-0.05, 0) is 43.3 Å². The minimum Gasteiger partial charge on any atom is -0.379 e. The summed E-state index contributed by atoms with van der Waals surface area (Å²) in [6.07, 6.45) is 2.88. The highest BCUT2D eigenvalue weighted by Gasteiger charge is 2.71. The Labute approximate surface area is 154 Å². The molecule has 4 heterocycles. The summed E-state index contributed by atoms with van der Waals surface area (Å²) >= 11 is 0. The third-order valence-corrected chi connectivity index (χ3v) is 7.30. The fourth-order valence-electron chi connectivity index (χ4n) is 6.05. The van der Waals surface area contributed by atoms with Crippen molar-refractivity contribution in [2.24, 2.45) is 17.8 Å². The molecule has 2 bridgehead atoms. The normalized spacial score (nSPS) is 42.6. The van der Waals surface area contributed by atoms with Crippen LogP contribution in [0.15, 0.2) is 11.1 Å². The van der Waals surface area contributed by atoms with Gasteiger partial charge in [0.2, 0.25) is 11.8 Å². The highest BCUT2D eigenvalue weighted by molar-refractivity contribution is 6.07. The third kappa shape index (κ3) is 2.15. The lowest BCUT2D eigenvalue weighted by Crippen LogP contribution is -2.48. The number of fused-ring (bicyclic) bond motifs is 3. The first-order valence-corrected chi connectivity index (χ1v) is 10.1. The van der Waals surface area contributed by atoms with E-state index in [-0.39, 0.29) is 29.8 Å². The summed E-state index contributed by atoms with van der Waals surface area (Å²) in [5.41, 5.74) is 2.07. The van der Waals surface area contributed by atoms with Crippen molar-refractivity contribution >= 4 is 11.8 Å². The number of carbonyl (C=O) groups excluding carboxylic acids is 2. The van der Waals surface area contributed by atoms with Gasteiger partial charge in [0.1, 0.15) is 5.60 Å². The SMILES string of the molecule is CC1=C2CCC(C)CC23OC1C1C(=O)N(CCN2CCOCC2)C(=O)C13. The number of nitrogens with zero attached hydrogens (tertiary/aromatic N) is 2. The smallest absolute Gasteiger partial charge is 0.236 e. The Hall–Kier alpha value is -1.24. The number of amides is 2. The lowest BCUT2D eigenvalue weighted by molar-refractivity contribution is -0.145. The van der Waals surface area contributed by atoms with Crippen LogP contribution in [-0.4, -0.2) is 72.7 Å². The molecule has 0 aromatic heterocycles. The summed E-state index contributed by atoms with van der Waals surface area (Å²) in [6, 6.07) is 0. The molecule has 0 aromatic rings. The van der Waals surface area contributed by atoms with Crippen LogP contribution in [0.4, 0.5) is 0 Å². The number of rotatable bonds is 3. The molecule has 5 rings (SSSR count). The maximum Gasteiger partial charge on any atom is 0.236 e. The van der Waals surface area contributed by atoms with Crippen LogP contribution in [-0.2, 0) is 19.1 Å². The van der Waals surface area contributed by atoms with E-state index in [0.29, 0.717) is 12.5 Å². The Morgan fingerprint density at radius 2 is 1.92 bits per heavy atom. The van der Waals surface area contributed by atoms with Crippen molar-refractivity contribution in [3.05, 3.63) is 11.1 Å². The first-order valence-electron chi connectivity index (χ1n) is 10.1. The van der Waals surface area contributed by atoms with Gasteiger partial charge in [-0.3, -0.25) is 19.4 Å². The largest absolute Gasteiger partial charge is 0.379 e. The standard InChI is InChI=1S/C20H28N2O4/c1-12-3-4-14-13(2)17-15-16(20(14,11-12)26-17)19(24)22(18(15)23)6-5-21-7-9-25-10-8-21/h12,15-17H,3-11H2,1-2H3. The molecule has 0 aromatic carbocycles. The zero-order chi connectivity index (χ0) is 18.1. The molecular weight excluding hydrogens is 332 g/mol. The summed E-state index contributed by atoms with van der Waals surface area (Å²) in [4.78, 5) is 30.2. The van der Waals surface area contributed by atoms with E-state index in [1.807, 2.05) is 0 Å². The number of imide groups is 1. The second kappa shape index (κ2) is 5.88. The fourth-order valence-corrected chi connectivity index (χ4v) is 6.05. The molecule has 4 aliphatic heterocycles. The van der Waals surface area contributed by atoms with Crippen molar-refractivity contribution in [3.63, 3.8) is 0 Å². The van der Waals surface area contributed by atoms with Crippen LogP contribution in [0.25, 0.3) is 0 Å². The molecule has 0 radical (unpaired) electrons. The third-order valence-electron chi connectivity index (χ3n) is 7.30. The highest BCUT2D eigenvalue weighted by atomic mass is 16.5. The van der Waals surface area contributed by atoms with Gasteiger partial charge in [-0.1, -0.05) is 6.92 Å². The van der Waals surface area contributed by atoms with E-state index in [1.54, 1.807) is 0 Å². The van der Waals surface area contributed by atoms with Crippen LogP contribution in [0.1, 0.15) is 33.1 Å². The minimum absolute atomic E-state index is 0.00763. The van der Waals surface area contributed by atoms with E-state index in [0.717, 1.165) is 52.1 Å². The fraction of sp³-hybridized carbons (Fsp3) is 0.800. The Morgan fingerprint density at radius 1 is 1.15 bits per heavy atom. The molecular formula is C20H28N2O4. The second-order valence-corrected chi connectivity index (χ2v) is 8.72. The van der Waals surface area contributed by atoms with Crippen LogP contribution < -0.4 is 0 Å². The summed E-state index contributed by atoms with van der Waals surface area (Å²) in [6.45, 7) is 8.81. The summed E-state index contributed by atoms with van der Waals surface area (Å²) in [5.74, 6) is -0.0386. The van der Waals surface area contributed by atoms with E-state index in [1.165, 1.54) is 16.0 Å². The Balaban J connectivity index is 1.39. The molecule has 3 saturated heterocycles. The van der Waals surface area contributed by atoms with Crippen molar-refractivity contribution < 1.29 is 19.1 Å². The van der Waals surface area contributed by atoms with Gasteiger partial charge in [-0.25, -0.2) is 0 Å². The molecule has 1 spiro atoms. The number of hydrogen-bond acceptors (Lipinski definition) is 5. The molecule has 2 amide bonds. The van der Waals surface area contributed by atoms with Gasteiger partial charge in [-0.15, -0.1) is 0 Å². The van der Waals surface area contributed by atoms with Crippen molar-refractivity contribution in [3.8, 4) is 0 Å². The van der Waals surface area contributed by atoms with E-state index in [4.69, 9.17) is 9.47 Å². The van der Waals surface area contributed by atoms with Crippen molar-refractivity contribution in [2.45, 2.75) is 44.8 Å². The molecule has 1 aliphatic carbocycles. The van der Waals surface area contributed by atoms with Crippen LogP contribution >= 0.6 is 0 Å². The lowest BCUT2D eigenvalue weighted by atomic mass is 9.62. The number of likely N-dealkylation sites (tertiary alicyclic amines) is 1. The Morgan fingerprint density at radius 3 is 2.69 bits per heavy atom. The van der Waals surface area contributed by atoms with Crippen molar-refractivity contribution in [2.75, 3.05) is 39.4 Å². The number of morpholine rings is 1. The zero-order valence-electron chi connectivity index (χ0n) is 15.7. The average molecular weight is 360 g/mol. The molecule has 26 heavy (non-hydrogen) atoms. The van der Waals surface area contributed by atoms with Crippen molar-refractivity contribution in [1.82, 2.24) is 9.80 Å². The highest BCUT2D eigenvalue weighted by Crippen LogP contribution is 2.62. The summed E-state index contributed by atoms with van der Waals surface area (Å²) < 4.78 is 11.8. The van der Waals surface area contributed by atoms with Crippen molar-refractivity contribution in [1.29, 1.82) is 0 Å². The molecule has 5 aliphatic rings. The summed E-state index contributed by atoms with van der Waals surface area (Å²) in [7, 11) is 0. The van der Waals surface area contributed by atoms with Crippen LogP contribution in [0.2, 0.25) is 0 Å². The maximum absolute atomic E-state index is 13.3. The number of ether oxygens (including phenoxy) is 2. The molecule has 142 valence electrons. The Kier molecular flexibility index (Phi) is 3.82. The van der Waals surface area contributed by atoms with Crippen LogP contribution in [0.5, 0.6) is 0 Å². The van der Waals surface area contributed by atoms with Gasteiger partial charge in [0.05, 0.1) is 31.2 Å². The molecule has 0 N–H and O–H groups in total. The quantitative estimate of drug-likeness (QED) is 0.559. The summed E-state index contributed by atoms with van der Waals surface area (Å²) in [5, 5.41) is 0. The number of hydrogen-bond donors (Lipinski definition) is 0. The van der Waals surface area contributed by atoms with Gasteiger partial charge in [0.15, 0.2) is 0 Å². The van der Waals surface area contributed by atoms with Gasteiger partial charge in [0, 0.05) is 26.2 Å². The Bertz CT molecular complexity index is 683. The maximum atomic E-state index is 13.3. The predicted octanol–water partition coefficient (Wildman–Crippen LogP) is 1.21. The van der Waals surface area contributed by atoms with Gasteiger partial charge in [-0.2, -0.15) is 0 Å². The first kappa shape index (κ1) is 16.9. The van der Waals surface area contributed by atoms with Crippen LogP contribution in [0, 0.1) is 17.8 Å². The predicted molar refractivity (Wildman–Crippen MR) is 94.3 cm³/mol. The van der Waals surface area contributed by atoms with Gasteiger partial charge < -0.3 is 9.47 Å². The topological polar surface area (TPSA) is 59.1 Å². The molecule has 6 heteroatoms. The van der Waals surface area contributed by atoms with E-state index >= 15 is 0 Å². The monoisotopic (exact) mass is 360 g/mol. The van der Waals surface area contributed by atoms with E-state index in [2.05, 4.69) is 18.7 Å². The molecule has 4 fully saturated rings. The molecule has 5 unspecified atom stereocenters. The number of carbonyl (C=O) groups is 2. The average Bonchev–Trinajstić information content (AvgIpc) is 3.19. The van der Waals surface area contributed by atoms with Crippen LogP contribution in [0.3, 0.4) is 0 Å². The van der Waals surface area contributed by atoms with Gasteiger partial charge in [0.25, 0.3) is 0 Å².